The fourth-order valence-electron chi connectivity index (χ4n) is 2.00. The van der Waals surface area contributed by atoms with Gasteiger partial charge in [-0.3, -0.25) is 9.69 Å². The van der Waals surface area contributed by atoms with E-state index in [1.165, 1.54) is 0 Å². The molecule has 0 aromatic carbocycles. The van der Waals surface area contributed by atoms with Crippen LogP contribution in [0, 0.1) is 0 Å². The van der Waals surface area contributed by atoms with Gasteiger partial charge in [-0.15, -0.1) is 0 Å². The van der Waals surface area contributed by atoms with Crippen LogP contribution in [-0.4, -0.2) is 39.6 Å². The summed E-state index contributed by atoms with van der Waals surface area (Å²) in [6.45, 7) is 1.58. The monoisotopic (exact) mass is 255 g/mol. The Labute approximate surface area is 104 Å². The first-order valence-corrected chi connectivity index (χ1v) is 5.73. The molecule has 6 heteroatoms. The zero-order valence-electron chi connectivity index (χ0n) is 9.27. The van der Waals surface area contributed by atoms with E-state index in [0.717, 1.165) is 5.56 Å². The van der Waals surface area contributed by atoms with Gasteiger partial charge in [0.1, 0.15) is 10.7 Å². The van der Waals surface area contributed by atoms with Crippen molar-refractivity contribution in [1.82, 2.24) is 9.88 Å². The number of hydrogen-bond acceptors (Lipinski definition) is 4. The second-order valence-electron chi connectivity index (χ2n) is 4.38. The largest absolute Gasteiger partial charge is 0.480 e. The summed E-state index contributed by atoms with van der Waals surface area (Å²) < 4.78 is 0. The van der Waals surface area contributed by atoms with Gasteiger partial charge in [0.2, 0.25) is 0 Å². The zero-order valence-corrected chi connectivity index (χ0v) is 10.0. The lowest BCUT2D eigenvalue weighted by molar-refractivity contribution is -0.142. The average molecular weight is 256 g/mol. The van der Waals surface area contributed by atoms with E-state index in [4.69, 9.17) is 22.4 Å². The Morgan fingerprint density at radius 1 is 1.71 bits per heavy atom. The molecular weight excluding hydrogens is 242 g/mol. The van der Waals surface area contributed by atoms with Crippen molar-refractivity contribution < 1.29 is 9.90 Å². The normalized spacial score (nSPS) is 25.1. The molecule has 1 unspecified atom stereocenters. The van der Waals surface area contributed by atoms with Crippen LogP contribution in [0.5, 0.6) is 0 Å². The number of halogens is 1. The summed E-state index contributed by atoms with van der Waals surface area (Å²) in [7, 11) is 0. The summed E-state index contributed by atoms with van der Waals surface area (Å²) in [5.41, 5.74) is 5.56. The molecule has 3 N–H and O–H groups in total. The Morgan fingerprint density at radius 2 is 2.47 bits per heavy atom. The van der Waals surface area contributed by atoms with E-state index in [2.05, 4.69) is 4.98 Å². The number of aromatic nitrogens is 1. The average Bonchev–Trinajstić information content (AvgIpc) is 2.65. The molecule has 2 heterocycles. The molecule has 0 saturated carbocycles. The number of hydrogen-bond donors (Lipinski definition) is 2. The molecular formula is C11H14ClN3O2. The van der Waals surface area contributed by atoms with Gasteiger partial charge in [-0.2, -0.15) is 0 Å². The van der Waals surface area contributed by atoms with Gasteiger partial charge in [0.05, 0.1) is 0 Å². The first-order valence-electron chi connectivity index (χ1n) is 5.35. The van der Waals surface area contributed by atoms with Gasteiger partial charge in [-0.1, -0.05) is 17.7 Å². The fourth-order valence-corrected chi connectivity index (χ4v) is 2.18. The molecule has 0 amide bonds. The topological polar surface area (TPSA) is 79.5 Å². The van der Waals surface area contributed by atoms with Crippen molar-refractivity contribution >= 4 is 17.6 Å². The van der Waals surface area contributed by atoms with Crippen LogP contribution in [0.4, 0.5) is 0 Å². The molecule has 1 fully saturated rings. The number of carboxylic acids is 1. The Morgan fingerprint density at radius 3 is 3.06 bits per heavy atom. The number of carbonyl (C=O) groups is 1. The van der Waals surface area contributed by atoms with Crippen LogP contribution in [0.15, 0.2) is 18.3 Å². The van der Waals surface area contributed by atoms with E-state index < -0.39 is 11.5 Å². The van der Waals surface area contributed by atoms with E-state index in [1.54, 1.807) is 6.20 Å². The number of nitrogens with two attached hydrogens (primary N) is 1. The zero-order chi connectivity index (χ0) is 12.5. The molecule has 1 aromatic rings. The molecule has 0 radical (unpaired) electrons. The summed E-state index contributed by atoms with van der Waals surface area (Å²) in [5, 5.41) is 9.48. The summed E-state index contributed by atoms with van der Waals surface area (Å²) in [5.74, 6) is -0.947. The third-order valence-electron chi connectivity index (χ3n) is 3.04. The van der Waals surface area contributed by atoms with E-state index in [0.29, 0.717) is 31.2 Å². The maximum atomic E-state index is 11.0. The molecule has 0 aliphatic carbocycles. The predicted octanol–water partition coefficient (Wildman–Crippen LogP) is 0.723. The second-order valence-corrected chi connectivity index (χ2v) is 4.73. The van der Waals surface area contributed by atoms with Crippen molar-refractivity contribution in [2.24, 2.45) is 5.73 Å². The Bertz CT molecular complexity index is 440. The fraction of sp³-hybridized carbons (Fsp3) is 0.455. The molecule has 0 bridgehead atoms. The third kappa shape index (κ3) is 2.57. The number of pyridine rings is 1. The van der Waals surface area contributed by atoms with Gasteiger partial charge < -0.3 is 10.8 Å². The van der Waals surface area contributed by atoms with Crippen molar-refractivity contribution in [3.8, 4) is 0 Å². The second kappa shape index (κ2) is 4.60. The standard InChI is InChI=1S/C11H14ClN3O2/c12-9-8(2-1-4-14-9)6-15-5-3-11(13,7-15)10(16)17/h1-2,4H,3,5-7,13H2,(H,16,17). The summed E-state index contributed by atoms with van der Waals surface area (Å²) in [6.07, 6.45) is 2.08. The van der Waals surface area contributed by atoms with Gasteiger partial charge in [-0.25, -0.2) is 4.98 Å². The van der Waals surface area contributed by atoms with Crippen LogP contribution in [0.3, 0.4) is 0 Å². The van der Waals surface area contributed by atoms with Crippen molar-refractivity contribution in [3.05, 3.63) is 29.0 Å². The first kappa shape index (κ1) is 12.3. The Hall–Kier alpha value is -1.17. The molecule has 1 atom stereocenters. The highest BCUT2D eigenvalue weighted by Gasteiger charge is 2.41. The third-order valence-corrected chi connectivity index (χ3v) is 3.38. The van der Waals surface area contributed by atoms with Crippen molar-refractivity contribution in [3.63, 3.8) is 0 Å². The lowest BCUT2D eigenvalue weighted by atomic mass is 10.0. The van der Waals surface area contributed by atoms with Gasteiger partial charge in [0.25, 0.3) is 0 Å². The van der Waals surface area contributed by atoms with Crippen molar-refractivity contribution in [1.29, 1.82) is 0 Å². The van der Waals surface area contributed by atoms with E-state index in [1.807, 2.05) is 17.0 Å². The van der Waals surface area contributed by atoms with Gasteiger partial charge >= 0.3 is 5.97 Å². The first-order chi connectivity index (χ1) is 8.01. The summed E-state index contributed by atoms with van der Waals surface area (Å²) in [4.78, 5) is 17.0. The molecule has 17 heavy (non-hydrogen) atoms. The maximum absolute atomic E-state index is 11.0. The van der Waals surface area contributed by atoms with Gasteiger partial charge in [0, 0.05) is 31.4 Å². The minimum Gasteiger partial charge on any atom is -0.480 e. The Kier molecular flexibility index (Phi) is 3.33. The van der Waals surface area contributed by atoms with Crippen LogP contribution >= 0.6 is 11.6 Å². The van der Waals surface area contributed by atoms with E-state index in [9.17, 15) is 4.79 Å². The van der Waals surface area contributed by atoms with E-state index >= 15 is 0 Å². The Balaban J connectivity index is 2.04. The SMILES string of the molecule is NC1(C(=O)O)CCN(Cc2cccnc2Cl)C1. The molecule has 1 saturated heterocycles. The minimum absolute atomic E-state index is 0.341. The van der Waals surface area contributed by atoms with E-state index in [-0.39, 0.29) is 0 Å². The minimum atomic E-state index is -1.13. The molecule has 2 rings (SSSR count). The lowest BCUT2D eigenvalue weighted by Gasteiger charge is -2.20. The van der Waals surface area contributed by atoms with Crippen molar-refractivity contribution in [2.75, 3.05) is 13.1 Å². The number of carboxylic acid groups (broad SMARTS) is 1. The molecule has 1 aliphatic heterocycles. The number of aliphatic carboxylic acids is 1. The number of likely N-dealkylation sites (tertiary alicyclic amines) is 1. The van der Waals surface area contributed by atoms with Crippen LogP contribution in [0.2, 0.25) is 5.15 Å². The number of rotatable bonds is 3. The highest BCUT2D eigenvalue weighted by atomic mass is 35.5. The smallest absolute Gasteiger partial charge is 0.325 e. The summed E-state index contributed by atoms with van der Waals surface area (Å²) >= 11 is 5.95. The van der Waals surface area contributed by atoms with Crippen LogP contribution < -0.4 is 5.73 Å². The van der Waals surface area contributed by atoms with Gasteiger partial charge in [0.15, 0.2) is 0 Å². The van der Waals surface area contributed by atoms with Crippen molar-refractivity contribution in [2.45, 2.75) is 18.5 Å². The number of nitrogens with zero attached hydrogens (tertiary/aromatic N) is 2. The maximum Gasteiger partial charge on any atom is 0.325 e. The van der Waals surface area contributed by atoms with Crippen LogP contribution in [0.1, 0.15) is 12.0 Å². The molecule has 0 spiro atoms. The van der Waals surface area contributed by atoms with Gasteiger partial charge in [-0.05, 0) is 12.5 Å². The molecule has 1 aromatic heterocycles. The molecule has 92 valence electrons. The molecule has 1 aliphatic rings. The quantitative estimate of drug-likeness (QED) is 0.778. The van der Waals surface area contributed by atoms with Crippen LogP contribution in [0.25, 0.3) is 0 Å². The lowest BCUT2D eigenvalue weighted by Crippen LogP contribution is -2.50. The molecule has 5 nitrogen and oxygen atoms in total. The van der Waals surface area contributed by atoms with Crippen LogP contribution in [-0.2, 0) is 11.3 Å². The predicted molar refractivity (Wildman–Crippen MR) is 63.7 cm³/mol. The summed E-state index contributed by atoms with van der Waals surface area (Å²) in [6, 6.07) is 3.69. The highest BCUT2D eigenvalue weighted by molar-refractivity contribution is 6.30. The highest BCUT2D eigenvalue weighted by Crippen LogP contribution is 2.22.